The van der Waals surface area contributed by atoms with Gasteiger partial charge in [0.1, 0.15) is 5.75 Å². The molecule has 0 spiro atoms. The van der Waals surface area contributed by atoms with Crippen molar-refractivity contribution in [2.24, 2.45) is 5.92 Å². The number of hydrogen-bond donors (Lipinski definition) is 0. The highest BCUT2D eigenvalue weighted by molar-refractivity contribution is 5.71. The zero-order chi connectivity index (χ0) is 25.4. The molecular formula is C29H45NO5. The van der Waals surface area contributed by atoms with Crippen molar-refractivity contribution in [1.82, 2.24) is 4.98 Å². The number of rotatable bonds is 21. The van der Waals surface area contributed by atoms with E-state index in [1.54, 1.807) is 24.5 Å². The van der Waals surface area contributed by atoms with Gasteiger partial charge in [-0.25, -0.2) is 4.79 Å². The summed E-state index contributed by atoms with van der Waals surface area (Å²) in [5.74, 6) is -0.138. The zero-order valence-corrected chi connectivity index (χ0v) is 21.8. The highest BCUT2D eigenvalue weighted by atomic mass is 16.6. The van der Waals surface area contributed by atoms with Crippen LogP contribution >= 0.6 is 0 Å². The fourth-order valence-electron chi connectivity index (χ4n) is 3.29. The van der Waals surface area contributed by atoms with Gasteiger partial charge in [0, 0.05) is 24.7 Å². The number of carbonyl (C=O) groups excluding carboxylic acids is 2. The second-order valence-electron chi connectivity index (χ2n) is 8.92. The Morgan fingerprint density at radius 3 is 2.11 bits per heavy atom. The molecule has 1 aromatic heterocycles. The lowest BCUT2D eigenvalue weighted by Gasteiger charge is -2.13. The van der Waals surface area contributed by atoms with Gasteiger partial charge in [-0.05, 0) is 50.7 Å². The van der Waals surface area contributed by atoms with Gasteiger partial charge >= 0.3 is 11.9 Å². The van der Waals surface area contributed by atoms with Crippen LogP contribution < -0.4 is 4.74 Å². The van der Waals surface area contributed by atoms with Crippen LogP contribution in [0.15, 0.2) is 48.8 Å². The Bertz CT molecular complexity index is 717. The number of hydrogen-bond acceptors (Lipinski definition) is 6. The summed E-state index contributed by atoms with van der Waals surface area (Å²) < 4.78 is 15.8. The summed E-state index contributed by atoms with van der Waals surface area (Å²) in [4.78, 5) is 27.5. The van der Waals surface area contributed by atoms with Crippen molar-refractivity contribution in [3.05, 3.63) is 48.8 Å². The van der Waals surface area contributed by atoms with Crippen molar-refractivity contribution in [1.29, 1.82) is 0 Å². The van der Waals surface area contributed by atoms with Crippen molar-refractivity contribution in [2.45, 2.75) is 90.9 Å². The SMILES string of the molecule is CCCCC/C=C\C/C=C\CCCCCCCC(=O)OCC(C)COC(=O)COc1ccncc1. The van der Waals surface area contributed by atoms with E-state index in [0.29, 0.717) is 12.2 Å². The summed E-state index contributed by atoms with van der Waals surface area (Å²) in [6.45, 7) is 4.38. The van der Waals surface area contributed by atoms with Gasteiger partial charge in [0.05, 0.1) is 13.2 Å². The number of unbranched alkanes of at least 4 members (excludes halogenated alkanes) is 8. The number of allylic oxidation sites excluding steroid dienone is 4. The molecule has 0 fully saturated rings. The molecule has 0 amide bonds. The normalized spacial score (nSPS) is 12.2. The van der Waals surface area contributed by atoms with Crippen molar-refractivity contribution in [3.63, 3.8) is 0 Å². The van der Waals surface area contributed by atoms with Crippen LogP contribution in [0.5, 0.6) is 5.75 Å². The Morgan fingerprint density at radius 2 is 1.43 bits per heavy atom. The second kappa shape index (κ2) is 21.9. The number of aromatic nitrogens is 1. The van der Waals surface area contributed by atoms with Gasteiger partial charge in [-0.1, -0.05) is 70.3 Å². The Hall–Kier alpha value is -2.63. The van der Waals surface area contributed by atoms with E-state index < -0.39 is 5.97 Å². The van der Waals surface area contributed by atoms with Crippen LogP contribution in [0.3, 0.4) is 0 Å². The minimum atomic E-state index is -0.454. The molecule has 0 aliphatic heterocycles. The van der Waals surface area contributed by atoms with E-state index in [2.05, 4.69) is 36.2 Å². The Balaban J connectivity index is 1.91. The van der Waals surface area contributed by atoms with E-state index in [1.807, 2.05) is 6.92 Å². The van der Waals surface area contributed by atoms with Gasteiger partial charge in [-0.3, -0.25) is 9.78 Å². The Kier molecular flexibility index (Phi) is 19.0. The smallest absolute Gasteiger partial charge is 0.344 e. The molecule has 1 atom stereocenters. The highest BCUT2D eigenvalue weighted by Gasteiger charge is 2.11. The standard InChI is InChI=1S/C29H45NO5/c1-3-4-5-6-7-8-9-10-11-12-13-14-15-16-17-18-28(31)34-23-26(2)24-35-29(32)25-33-27-19-21-30-22-20-27/h7-8,10-11,19-22,26H,3-6,9,12-18,23-25H2,1-2H3/b8-7-,11-10-. The van der Waals surface area contributed by atoms with Crippen LogP contribution in [0.1, 0.15) is 90.9 Å². The maximum atomic E-state index is 11.9. The fraction of sp³-hybridized carbons (Fsp3) is 0.621. The molecule has 196 valence electrons. The fourth-order valence-corrected chi connectivity index (χ4v) is 3.29. The molecule has 6 nitrogen and oxygen atoms in total. The largest absolute Gasteiger partial charge is 0.482 e. The molecule has 1 rings (SSSR count). The van der Waals surface area contributed by atoms with Crippen molar-refractivity contribution in [2.75, 3.05) is 19.8 Å². The molecule has 0 saturated heterocycles. The number of ether oxygens (including phenoxy) is 3. The topological polar surface area (TPSA) is 74.7 Å². The van der Waals surface area contributed by atoms with E-state index in [4.69, 9.17) is 14.2 Å². The summed E-state index contributed by atoms with van der Waals surface area (Å²) in [5.41, 5.74) is 0. The average Bonchev–Trinajstić information content (AvgIpc) is 2.87. The monoisotopic (exact) mass is 487 g/mol. The van der Waals surface area contributed by atoms with E-state index in [9.17, 15) is 9.59 Å². The van der Waals surface area contributed by atoms with Crippen LogP contribution in [0.2, 0.25) is 0 Å². The molecule has 0 aliphatic rings. The van der Waals surface area contributed by atoms with Crippen LogP contribution in [0.25, 0.3) is 0 Å². The zero-order valence-electron chi connectivity index (χ0n) is 21.8. The van der Waals surface area contributed by atoms with Crippen molar-refractivity contribution >= 4 is 11.9 Å². The first-order chi connectivity index (χ1) is 17.1. The van der Waals surface area contributed by atoms with E-state index in [-0.39, 0.29) is 31.7 Å². The molecule has 1 aromatic rings. The Labute approximate surface area is 212 Å². The molecule has 1 unspecified atom stereocenters. The third-order valence-corrected chi connectivity index (χ3v) is 5.40. The summed E-state index contributed by atoms with van der Waals surface area (Å²) in [5, 5.41) is 0. The molecule has 0 bridgehead atoms. The number of pyridine rings is 1. The van der Waals surface area contributed by atoms with Crippen LogP contribution in [-0.2, 0) is 19.1 Å². The minimum Gasteiger partial charge on any atom is -0.482 e. The molecule has 1 heterocycles. The predicted octanol–water partition coefficient (Wildman–Crippen LogP) is 7.00. The summed E-state index contributed by atoms with van der Waals surface area (Å²) in [6.07, 6.45) is 25.4. The van der Waals surface area contributed by atoms with Crippen molar-refractivity contribution < 1.29 is 23.8 Å². The molecule has 0 saturated carbocycles. The van der Waals surface area contributed by atoms with E-state index in [1.165, 1.54) is 38.5 Å². The van der Waals surface area contributed by atoms with E-state index >= 15 is 0 Å². The van der Waals surface area contributed by atoms with Gasteiger partial charge in [-0.2, -0.15) is 0 Å². The first-order valence-electron chi connectivity index (χ1n) is 13.3. The maximum absolute atomic E-state index is 11.9. The second-order valence-corrected chi connectivity index (χ2v) is 8.92. The quantitative estimate of drug-likeness (QED) is 0.106. The van der Waals surface area contributed by atoms with Crippen molar-refractivity contribution in [3.8, 4) is 5.75 Å². The molecule has 0 aromatic carbocycles. The van der Waals surface area contributed by atoms with Crippen LogP contribution in [-0.4, -0.2) is 36.7 Å². The number of carbonyl (C=O) groups is 2. The van der Waals surface area contributed by atoms with Crippen LogP contribution in [0, 0.1) is 5.92 Å². The summed E-state index contributed by atoms with van der Waals surface area (Å²) in [7, 11) is 0. The predicted molar refractivity (Wildman–Crippen MR) is 140 cm³/mol. The number of esters is 2. The van der Waals surface area contributed by atoms with Gasteiger partial charge in [-0.15, -0.1) is 0 Å². The molecule has 0 N–H and O–H groups in total. The van der Waals surface area contributed by atoms with Gasteiger partial charge in [0.2, 0.25) is 0 Å². The average molecular weight is 488 g/mol. The van der Waals surface area contributed by atoms with Gasteiger partial charge in [0.15, 0.2) is 6.61 Å². The van der Waals surface area contributed by atoms with Crippen LogP contribution in [0.4, 0.5) is 0 Å². The Morgan fingerprint density at radius 1 is 0.829 bits per heavy atom. The lowest BCUT2D eigenvalue weighted by Crippen LogP contribution is -2.21. The number of nitrogens with zero attached hydrogens (tertiary/aromatic N) is 1. The third-order valence-electron chi connectivity index (χ3n) is 5.40. The molecule has 35 heavy (non-hydrogen) atoms. The lowest BCUT2D eigenvalue weighted by atomic mass is 10.1. The lowest BCUT2D eigenvalue weighted by molar-refractivity contribution is -0.150. The molecule has 0 radical (unpaired) electrons. The first-order valence-corrected chi connectivity index (χ1v) is 13.3. The maximum Gasteiger partial charge on any atom is 0.344 e. The highest BCUT2D eigenvalue weighted by Crippen LogP contribution is 2.10. The minimum absolute atomic E-state index is 0.0616. The third kappa shape index (κ3) is 19.4. The molecule has 0 aliphatic carbocycles. The summed E-state index contributed by atoms with van der Waals surface area (Å²) >= 11 is 0. The first kappa shape index (κ1) is 30.4. The van der Waals surface area contributed by atoms with Gasteiger partial charge in [0.25, 0.3) is 0 Å². The molecular weight excluding hydrogens is 442 g/mol. The van der Waals surface area contributed by atoms with E-state index in [0.717, 1.165) is 32.1 Å². The molecule has 6 heteroatoms. The summed E-state index contributed by atoms with van der Waals surface area (Å²) in [6, 6.07) is 3.34. The van der Waals surface area contributed by atoms with Gasteiger partial charge < -0.3 is 14.2 Å².